The van der Waals surface area contributed by atoms with Crippen molar-refractivity contribution in [1.82, 2.24) is 5.32 Å². The van der Waals surface area contributed by atoms with E-state index < -0.39 is 6.10 Å². The number of carbonyl (C=O) groups excluding carboxylic acids is 1. The van der Waals surface area contributed by atoms with Crippen molar-refractivity contribution in [1.29, 1.82) is 5.26 Å². The summed E-state index contributed by atoms with van der Waals surface area (Å²) in [5, 5.41) is 21.8. The fourth-order valence-electron chi connectivity index (χ4n) is 2.16. The second-order valence-corrected chi connectivity index (χ2v) is 7.43. The van der Waals surface area contributed by atoms with Gasteiger partial charge in [-0.15, -0.1) is 11.8 Å². The van der Waals surface area contributed by atoms with Crippen molar-refractivity contribution in [2.24, 2.45) is 11.3 Å². The largest absolute Gasteiger partial charge is 0.392 e. The first-order chi connectivity index (χ1) is 10.3. The summed E-state index contributed by atoms with van der Waals surface area (Å²) in [6.07, 6.45) is -0.459. The maximum atomic E-state index is 11.9. The highest BCUT2D eigenvalue weighted by Crippen LogP contribution is 2.25. The van der Waals surface area contributed by atoms with E-state index in [-0.39, 0.29) is 17.2 Å². The Labute approximate surface area is 136 Å². The molecular weight excluding hydrogens is 296 g/mol. The number of nitrogens with zero attached hydrogens (tertiary/aromatic N) is 1. The molecule has 0 saturated heterocycles. The molecule has 0 aliphatic carbocycles. The minimum absolute atomic E-state index is 0.0570. The molecule has 5 heteroatoms. The molecule has 1 rings (SSSR count). The summed E-state index contributed by atoms with van der Waals surface area (Å²) >= 11 is 1.43. The Morgan fingerprint density at radius 3 is 2.45 bits per heavy atom. The Hall–Kier alpha value is -1.51. The van der Waals surface area contributed by atoms with E-state index in [4.69, 9.17) is 5.26 Å². The molecule has 1 unspecified atom stereocenters. The zero-order valence-electron chi connectivity index (χ0n) is 13.6. The second kappa shape index (κ2) is 8.21. The molecule has 1 amide bonds. The summed E-state index contributed by atoms with van der Waals surface area (Å²) in [7, 11) is 0. The maximum absolute atomic E-state index is 11.9. The van der Waals surface area contributed by atoms with Gasteiger partial charge in [-0.05, 0) is 30.2 Å². The zero-order chi connectivity index (χ0) is 16.8. The number of carbonyl (C=O) groups is 1. The first kappa shape index (κ1) is 18.5. The molecule has 0 spiro atoms. The lowest BCUT2D eigenvalue weighted by atomic mass is 9.81. The van der Waals surface area contributed by atoms with Gasteiger partial charge in [0.1, 0.15) is 0 Å². The van der Waals surface area contributed by atoms with Gasteiger partial charge >= 0.3 is 0 Å². The monoisotopic (exact) mass is 320 g/mol. The molecule has 0 bridgehead atoms. The third-order valence-corrected chi connectivity index (χ3v) is 4.54. The van der Waals surface area contributed by atoms with Gasteiger partial charge in [0.2, 0.25) is 5.91 Å². The van der Waals surface area contributed by atoms with Crippen molar-refractivity contribution in [2.75, 3.05) is 12.3 Å². The molecule has 0 radical (unpaired) electrons. The number of nitriles is 1. The van der Waals surface area contributed by atoms with Crippen LogP contribution in [0.5, 0.6) is 0 Å². The molecule has 0 aliphatic rings. The molecule has 0 aromatic heterocycles. The van der Waals surface area contributed by atoms with Crippen LogP contribution in [-0.4, -0.2) is 29.4 Å². The number of thioether (sulfide) groups is 1. The molecule has 1 aromatic rings. The molecule has 1 atom stereocenters. The third kappa shape index (κ3) is 5.70. The molecule has 0 aliphatic heterocycles. The highest BCUT2D eigenvalue weighted by molar-refractivity contribution is 8.00. The van der Waals surface area contributed by atoms with Gasteiger partial charge in [-0.1, -0.05) is 27.7 Å². The zero-order valence-corrected chi connectivity index (χ0v) is 14.4. The van der Waals surface area contributed by atoms with Gasteiger partial charge in [0.15, 0.2) is 0 Å². The van der Waals surface area contributed by atoms with E-state index in [1.807, 2.05) is 39.8 Å². The van der Waals surface area contributed by atoms with Gasteiger partial charge in [-0.3, -0.25) is 4.79 Å². The van der Waals surface area contributed by atoms with Gasteiger partial charge in [0.05, 0.1) is 23.5 Å². The predicted octanol–water partition coefficient (Wildman–Crippen LogP) is 2.81. The number of aliphatic hydroxyl groups excluding tert-OH is 1. The van der Waals surface area contributed by atoms with E-state index in [1.54, 1.807) is 12.1 Å². The Bertz CT molecular complexity index is 533. The van der Waals surface area contributed by atoms with Gasteiger partial charge in [0.25, 0.3) is 0 Å². The van der Waals surface area contributed by atoms with Crippen LogP contribution in [0, 0.1) is 22.7 Å². The van der Waals surface area contributed by atoms with E-state index in [1.165, 1.54) is 11.8 Å². The van der Waals surface area contributed by atoms with Crippen LogP contribution in [0.2, 0.25) is 0 Å². The molecule has 4 nitrogen and oxygen atoms in total. The highest BCUT2D eigenvalue weighted by Gasteiger charge is 2.30. The Morgan fingerprint density at radius 1 is 1.36 bits per heavy atom. The van der Waals surface area contributed by atoms with Crippen molar-refractivity contribution in [3.8, 4) is 6.07 Å². The number of nitrogens with one attached hydrogen (secondary N) is 1. The van der Waals surface area contributed by atoms with Gasteiger partial charge in [0, 0.05) is 16.9 Å². The molecule has 1 aromatic carbocycles. The predicted molar refractivity (Wildman–Crippen MR) is 89.5 cm³/mol. The number of hydrogen-bond acceptors (Lipinski definition) is 4. The lowest BCUT2D eigenvalue weighted by Crippen LogP contribution is -2.44. The average Bonchev–Trinajstić information content (AvgIpc) is 2.50. The van der Waals surface area contributed by atoms with Crippen LogP contribution in [0.1, 0.15) is 33.3 Å². The number of amides is 1. The smallest absolute Gasteiger partial charge is 0.230 e. The van der Waals surface area contributed by atoms with Crippen LogP contribution in [-0.2, 0) is 4.79 Å². The average molecular weight is 320 g/mol. The standard InChI is InChI=1S/C17H24N2O2S/c1-12(2)16(21)17(3,4)11-19-15(20)10-22-14-7-5-13(9-18)6-8-14/h5-8,12,16,21H,10-11H2,1-4H3,(H,19,20). The number of hydrogen-bond donors (Lipinski definition) is 2. The SMILES string of the molecule is CC(C)C(O)C(C)(C)CNC(=O)CSc1ccc(C#N)cc1. The van der Waals surface area contributed by atoms with Crippen LogP contribution >= 0.6 is 11.8 Å². The third-order valence-electron chi connectivity index (χ3n) is 3.53. The van der Waals surface area contributed by atoms with Gasteiger partial charge in [-0.25, -0.2) is 0 Å². The minimum Gasteiger partial charge on any atom is -0.392 e. The molecule has 0 saturated carbocycles. The second-order valence-electron chi connectivity index (χ2n) is 6.38. The van der Waals surface area contributed by atoms with Crippen molar-refractivity contribution >= 4 is 17.7 Å². The maximum Gasteiger partial charge on any atom is 0.230 e. The van der Waals surface area contributed by atoms with Gasteiger partial charge < -0.3 is 10.4 Å². The lowest BCUT2D eigenvalue weighted by Gasteiger charge is -2.33. The number of rotatable bonds is 7. The summed E-state index contributed by atoms with van der Waals surface area (Å²) in [5.41, 5.74) is 0.251. The Morgan fingerprint density at radius 2 is 1.95 bits per heavy atom. The summed E-state index contributed by atoms with van der Waals surface area (Å²) in [5.74, 6) is 0.415. The van der Waals surface area contributed by atoms with Crippen molar-refractivity contribution in [2.45, 2.75) is 38.7 Å². The molecule has 0 heterocycles. The summed E-state index contributed by atoms with van der Waals surface area (Å²) in [4.78, 5) is 12.9. The summed E-state index contributed by atoms with van der Waals surface area (Å²) < 4.78 is 0. The number of benzene rings is 1. The van der Waals surface area contributed by atoms with Crippen molar-refractivity contribution in [3.05, 3.63) is 29.8 Å². The highest BCUT2D eigenvalue weighted by atomic mass is 32.2. The van der Waals surface area contributed by atoms with Gasteiger partial charge in [-0.2, -0.15) is 5.26 Å². The van der Waals surface area contributed by atoms with Crippen LogP contribution in [0.25, 0.3) is 0 Å². The molecule has 2 N–H and O–H groups in total. The quantitative estimate of drug-likeness (QED) is 0.758. The van der Waals surface area contributed by atoms with Crippen LogP contribution in [0.3, 0.4) is 0 Å². The lowest BCUT2D eigenvalue weighted by molar-refractivity contribution is -0.119. The van der Waals surface area contributed by atoms with E-state index in [9.17, 15) is 9.90 Å². The fourth-order valence-corrected chi connectivity index (χ4v) is 2.89. The van der Waals surface area contributed by atoms with Crippen LogP contribution in [0.4, 0.5) is 0 Å². The molecular formula is C17H24N2O2S. The number of aliphatic hydroxyl groups is 1. The Kier molecular flexibility index (Phi) is 6.92. The van der Waals surface area contributed by atoms with E-state index in [0.29, 0.717) is 17.9 Å². The van der Waals surface area contributed by atoms with E-state index >= 15 is 0 Å². The van der Waals surface area contributed by atoms with Crippen LogP contribution < -0.4 is 5.32 Å². The molecule has 0 fully saturated rings. The topological polar surface area (TPSA) is 73.1 Å². The molecule has 22 heavy (non-hydrogen) atoms. The van der Waals surface area contributed by atoms with E-state index in [2.05, 4.69) is 11.4 Å². The van der Waals surface area contributed by atoms with E-state index in [0.717, 1.165) is 4.90 Å². The first-order valence-electron chi connectivity index (χ1n) is 7.34. The first-order valence-corrected chi connectivity index (χ1v) is 8.32. The minimum atomic E-state index is -0.459. The van der Waals surface area contributed by atoms with Crippen molar-refractivity contribution < 1.29 is 9.90 Å². The fraction of sp³-hybridized carbons (Fsp3) is 0.529. The molecule has 120 valence electrons. The normalized spacial score (nSPS) is 12.8. The van der Waals surface area contributed by atoms with Crippen molar-refractivity contribution in [3.63, 3.8) is 0 Å². The Balaban J connectivity index is 2.41. The summed E-state index contributed by atoms with van der Waals surface area (Å²) in [6.45, 7) is 8.28. The summed E-state index contributed by atoms with van der Waals surface area (Å²) in [6, 6.07) is 9.21. The van der Waals surface area contributed by atoms with Crippen LogP contribution in [0.15, 0.2) is 29.2 Å².